The minimum Gasteiger partial charge on any atom is -0.351 e. The molecule has 2 heterocycles. The van der Waals surface area contributed by atoms with Crippen LogP contribution in [0.15, 0.2) is 18.6 Å². The number of rotatable bonds is 6. The van der Waals surface area contributed by atoms with E-state index in [0.717, 1.165) is 18.5 Å². The molecule has 0 aromatic carbocycles. The number of aryl methyl sites for hydroxylation is 3. The van der Waals surface area contributed by atoms with Crippen molar-refractivity contribution in [3.63, 3.8) is 0 Å². The normalized spacial score (nSPS) is 10.8. The summed E-state index contributed by atoms with van der Waals surface area (Å²) in [6, 6.07) is 0. The van der Waals surface area contributed by atoms with Crippen molar-refractivity contribution in [1.29, 1.82) is 0 Å². The summed E-state index contributed by atoms with van der Waals surface area (Å²) in [6.45, 7) is 5.87. The standard InChI is InChI=1S/C13H18ClN5O/c1-3-19-12(11(14)8-17-19)13(20)15-5-4-6-18-9-10(2)7-16-18/h7-9H,3-6H2,1-2H3,(H,15,20). The number of nitrogens with one attached hydrogen (secondary N) is 1. The molecule has 7 heteroatoms. The molecular formula is C13H18ClN5O. The van der Waals surface area contributed by atoms with Gasteiger partial charge in [-0.05, 0) is 25.8 Å². The fraction of sp³-hybridized carbons (Fsp3) is 0.462. The van der Waals surface area contributed by atoms with Gasteiger partial charge in [0.25, 0.3) is 5.91 Å². The highest BCUT2D eigenvalue weighted by Gasteiger charge is 2.15. The Bertz CT molecular complexity index is 589. The van der Waals surface area contributed by atoms with Crippen LogP contribution < -0.4 is 5.32 Å². The fourth-order valence-corrected chi connectivity index (χ4v) is 2.17. The van der Waals surface area contributed by atoms with Crippen molar-refractivity contribution in [2.75, 3.05) is 6.54 Å². The second-order valence-corrected chi connectivity index (χ2v) is 4.95. The first-order valence-electron chi connectivity index (χ1n) is 6.60. The first kappa shape index (κ1) is 14.6. The number of aromatic nitrogens is 4. The lowest BCUT2D eigenvalue weighted by molar-refractivity contribution is 0.0942. The fourth-order valence-electron chi connectivity index (χ4n) is 1.94. The Labute approximate surface area is 122 Å². The molecule has 1 amide bonds. The molecule has 1 N–H and O–H groups in total. The summed E-state index contributed by atoms with van der Waals surface area (Å²) in [5.74, 6) is -0.189. The van der Waals surface area contributed by atoms with Gasteiger partial charge in [-0.2, -0.15) is 10.2 Å². The molecule has 0 spiro atoms. The molecule has 0 saturated heterocycles. The third-order valence-electron chi connectivity index (χ3n) is 2.92. The maximum Gasteiger partial charge on any atom is 0.271 e. The highest BCUT2D eigenvalue weighted by Crippen LogP contribution is 2.14. The molecule has 0 radical (unpaired) electrons. The van der Waals surface area contributed by atoms with Crippen molar-refractivity contribution in [2.45, 2.75) is 33.4 Å². The van der Waals surface area contributed by atoms with Gasteiger partial charge in [0, 0.05) is 25.8 Å². The van der Waals surface area contributed by atoms with E-state index in [0.29, 0.717) is 23.8 Å². The van der Waals surface area contributed by atoms with E-state index in [2.05, 4.69) is 15.5 Å². The maximum absolute atomic E-state index is 12.0. The number of nitrogens with zero attached hydrogens (tertiary/aromatic N) is 4. The smallest absolute Gasteiger partial charge is 0.271 e. The van der Waals surface area contributed by atoms with Crippen LogP contribution in [0.3, 0.4) is 0 Å². The Hall–Kier alpha value is -1.82. The van der Waals surface area contributed by atoms with E-state index in [1.54, 1.807) is 4.68 Å². The van der Waals surface area contributed by atoms with E-state index in [1.807, 2.05) is 30.9 Å². The SMILES string of the molecule is CCn1ncc(Cl)c1C(=O)NCCCn1cc(C)cn1. The molecule has 0 aliphatic heterocycles. The summed E-state index contributed by atoms with van der Waals surface area (Å²) >= 11 is 5.97. The van der Waals surface area contributed by atoms with Gasteiger partial charge in [-0.25, -0.2) is 0 Å². The Balaban J connectivity index is 1.82. The molecule has 2 rings (SSSR count). The number of carbonyl (C=O) groups is 1. The Morgan fingerprint density at radius 2 is 2.20 bits per heavy atom. The first-order valence-corrected chi connectivity index (χ1v) is 6.98. The zero-order valence-electron chi connectivity index (χ0n) is 11.6. The van der Waals surface area contributed by atoms with Gasteiger partial charge >= 0.3 is 0 Å². The Morgan fingerprint density at radius 3 is 2.85 bits per heavy atom. The molecule has 0 aliphatic carbocycles. The molecule has 0 atom stereocenters. The Morgan fingerprint density at radius 1 is 1.40 bits per heavy atom. The van der Waals surface area contributed by atoms with Crippen LogP contribution in [0.4, 0.5) is 0 Å². The largest absolute Gasteiger partial charge is 0.351 e. The maximum atomic E-state index is 12.0. The minimum absolute atomic E-state index is 0.189. The lowest BCUT2D eigenvalue weighted by Gasteiger charge is -2.07. The van der Waals surface area contributed by atoms with Gasteiger partial charge in [-0.15, -0.1) is 0 Å². The van der Waals surface area contributed by atoms with Crippen molar-refractivity contribution < 1.29 is 4.79 Å². The number of hydrogen-bond donors (Lipinski definition) is 1. The topological polar surface area (TPSA) is 64.7 Å². The van der Waals surface area contributed by atoms with E-state index in [1.165, 1.54) is 6.20 Å². The van der Waals surface area contributed by atoms with Crippen LogP contribution in [0.25, 0.3) is 0 Å². The quantitative estimate of drug-likeness (QED) is 0.828. The van der Waals surface area contributed by atoms with Crippen LogP contribution in [0, 0.1) is 6.92 Å². The van der Waals surface area contributed by atoms with Crippen LogP contribution in [-0.4, -0.2) is 32.0 Å². The van der Waals surface area contributed by atoms with E-state index in [9.17, 15) is 4.79 Å². The molecule has 6 nitrogen and oxygen atoms in total. The van der Waals surface area contributed by atoms with Crippen LogP contribution >= 0.6 is 11.6 Å². The number of carbonyl (C=O) groups excluding carboxylic acids is 1. The van der Waals surface area contributed by atoms with Crippen LogP contribution in [0.2, 0.25) is 5.02 Å². The zero-order chi connectivity index (χ0) is 14.5. The lowest BCUT2D eigenvalue weighted by atomic mass is 10.3. The van der Waals surface area contributed by atoms with E-state index >= 15 is 0 Å². The van der Waals surface area contributed by atoms with Crippen LogP contribution in [-0.2, 0) is 13.1 Å². The predicted octanol–water partition coefficient (Wildman–Crippen LogP) is 1.88. The van der Waals surface area contributed by atoms with Gasteiger partial charge in [0.1, 0.15) is 5.69 Å². The first-order chi connectivity index (χ1) is 9.61. The average molecular weight is 296 g/mol. The molecule has 0 saturated carbocycles. The molecule has 20 heavy (non-hydrogen) atoms. The molecule has 2 aromatic heterocycles. The summed E-state index contributed by atoms with van der Waals surface area (Å²) in [4.78, 5) is 12.0. The van der Waals surface area contributed by atoms with Gasteiger partial charge < -0.3 is 5.32 Å². The average Bonchev–Trinajstić information content (AvgIpc) is 3.00. The van der Waals surface area contributed by atoms with Gasteiger partial charge in [0.05, 0.1) is 17.4 Å². The lowest BCUT2D eigenvalue weighted by Crippen LogP contribution is -2.28. The second-order valence-electron chi connectivity index (χ2n) is 4.55. The highest BCUT2D eigenvalue weighted by molar-refractivity contribution is 6.33. The monoisotopic (exact) mass is 295 g/mol. The van der Waals surface area contributed by atoms with Gasteiger partial charge in [0.2, 0.25) is 0 Å². The third kappa shape index (κ3) is 3.39. The summed E-state index contributed by atoms with van der Waals surface area (Å²) in [6.07, 6.45) is 6.10. The summed E-state index contributed by atoms with van der Waals surface area (Å²) in [7, 11) is 0. The molecule has 0 bridgehead atoms. The molecule has 0 aliphatic rings. The number of amides is 1. The van der Waals surface area contributed by atoms with E-state index < -0.39 is 0 Å². The van der Waals surface area contributed by atoms with Crippen molar-refractivity contribution in [2.24, 2.45) is 0 Å². The zero-order valence-corrected chi connectivity index (χ0v) is 12.4. The predicted molar refractivity (Wildman–Crippen MR) is 76.8 cm³/mol. The van der Waals surface area contributed by atoms with Crippen molar-refractivity contribution >= 4 is 17.5 Å². The molecular weight excluding hydrogens is 278 g/mol. The van der Waals surface area contributed by atoms with Gasteiger partial charge in [0.15, 0.2) is 0 Å². The molecule has 108 valence electrons. The van der Waals surface area contributed by atoms with Crippen molar-refractivity contribution in [3.05, 3.63) is 34.9 Å². The summed E-state index contributed by atoms with van der Waals surface area (Å²) < 4.78 is 3.46. The third-order valence-corrected chi connectivity index (χ3v) is 3.20. The summed E-state index contributed by atoms with van der Waals surface area (Å²) in [5, 5.41) is 11.5. The van der Waals surface area contributed by atoms with Gasteiger partial charge in [-0.1, -0.05) is 11.6 Å². The van der Waals surface area contributed by atoms with E-state index in [4.69, 9.17) is 11.6 Å². The number of halogens is 1. The number of hydrogen-bond acceptors (Lipinski definition) is 3. The van der Waals surface area contributed by atoms with E-state index in [-0.39, 0.29) is 5.91 Å². The highest BCUT2D eigenvalue weighted by atomic mass is 35.5. The van der Waals surface area contributed by atoms with Gasteiger partial charge in [-0.3, -0.25) is 14.2 Å². The molecule has 0 fully saturated rings. The Kier molecular flexibility index (Phi) is 4.79. The second kappa shape index (κ2) is 6.56. The van der Waals surface area contributed by atoms with Crippen molar-refractivity contribution in [1.82, 2.24) is 24.9 Å². The van der Waals surface area contributed by atoms with Crippen molar-refractivity contribution in [3.8, 4) is 0 Å². The van der Waals surface area contributed by atoms with Crippen LogP contribution in [0.1, 0.15) is 29.4 Å². The minimum atomic E-state index is -0.189. The van der Waals surface area contributed by atoms with Crippen LogP contribution in [0.5, 0.6) is 0 Å². The molecule has 2 aromatic rings. The molecule has 0 unspecified atom stereocenters. The summed E-state index contributed by atoms with van der Waals surface area (Å²) in [5.41, 5.74) is 1.55.